The molecule has 0 saturated carbocycles. The van der Waals surface area contributed by atoms with Crippen LogP contribution in [0.15, 0.2) is 23.1 Å². The zero-order valence-corrected chi connectivity index (χ0v) is 8.77. The number of ether oxygens (including phenoxy) is 1. The highest BCUT2D eigenvalue weighted by molar-refractivity contribution is 5.73. The second-order valence-electron chi connectivity index (χ2n) is 3.10. The van der Waals surface area contributed by atoms with E-state index >= 15 is 0 Å². The van der Waals surface area contributed by atoms with E-state index in [1.165, 1.54) is 16.8 Å². The molecule has 0 saturated heterocycles. The van der Waals surface area contributed by atoms with Crippen molar-refractivity contribution in [1.29, 1.82) is 0 Å². The minimum Gasteiger partial charge on any atom is -0.464 e. The summed E-state index contributed by atoms with van der Waals surface area (Å²) in [6.07, 6.45) is 1.51. The van der Waals surface area contributed by atoms with Crippen molar-refractivity contribution in [3.63, 3.8) is 0 Å². The van der Waals surface area contributed by atoms with Gasteiger partial charge in [0.25, 0.3) is 5.56 Å². The van der Waals surface area contributed by atoms with Gasteiger partial charge in [-0.2, -0.15) is 0 Å². The molecule has 0 bridgehead atoms. The summed E-state index contributed by atoms with van der Waals surface area (Å²) in [7, 11) is 0. The van der Waals surface area contributed by atoms with Crippen LogP contribution in [0.3, 0.4) is 0 Å². The summed E-state index contributed by atoms with van der Waals surface area (Å²) in [5.41, 5.74) is 5.19. The Balaban J connectivity index is 3.01. The molecular weight excluding hydrogens is 196 g/mol. The molecule has 1 aromatic heterocycles. The van der Waals surface area contributed by atoms with Crippen LogP contribution >= 0.6 is 0 Å². The molecule has 0 amide bonds. The van der Waals surface area contributed by atoms with E-state index in [-0.39, 0.29) is 11.2 Å². The average Bonchev–Trinajstić information content (AvgIpc) is 2.21. The van der Waals surface area contributed by atoms with E-state index in [4.69, 9.17) is 10.5 Å². The van der Waals surface area contributed by atoms with Crippen molar-refractivity contribution in [1.82, 2.24) is 4.57 Å². The van der Waals surface area contributed by atoms with Crippen LogP contribution in [0.4, 0.5) is 5.69 Å². The van der Waals surface area contributed by atoms with Gasteiger partial charge < -0.3 is 10.5 Å². The number of hydrogen-bond acceptors (Lipinski definition) is 4. The lowest BCUT2D eigenvalue weighted by Gasteiger charge is -2.13. The van der Waals surface area contributed by atoms with Crippen LogP contribution in [-0.4, -0.2) is 17.1 Å². The third kappa shape index (κ3) is 2.37. The van der Waals surface area contributed by atoms with Crippen LogP contribution in [0, 0.1) is 0 Å². The Kier molecular flexibility index (Phi) is 3.49. The first-order valence-electron chi connectivity index (χ1n) is 4.71. The molecule has 0 aliphatic carbocycles. The number of pyridine rings is 1. The van der Waals surface area contributed by atoms with E-state index in [2.05, 4.69) is 0 Å². The normalized spacial score (nSPS) is 12.1. The maximum atomic E-state index is 11.5. The Bertz CT molecular complexity index is 411. The van der Waals surface area contributed by atoms with Gasteiger partial charge in [0, 0.05) is 6.20 Å². The van der Waals surface area contributed by atoms with E-state index in [1.807, 2.05) is 0 Å². The number of esters is 1. The Hall–Kier alpha value is -1.78. The second kappa shape index (κ2) is 4.63. The largest absolute Gasteiger partial charge is 0.464 e. The first-order chi connectivity index (χ1) is 7.07. The van der Waals surface area contributed by atoms with Crippen molar-refractivity contribution in [3.8, 4) is 0 Å². The van der Waals surface area contributed by atoms with Gasteiger partial charge in [-0.15, -0.1) is 0 Å². The van der Waals surface area contributed by atoms with Crippen molar-refractivity contribution in [2.45, 2.75) is 19.9 Å². The van der Waals surface area contributed by atoms with Crippen LogP contribution < -0.4 is 11.3 Å². The first-order valence-corrected chi connectivity index (χ1v) is 4.71. The highest BCUT2D eigenvalue weighted by Crippen LogP contribution is 2.05. The van der Waals surface area contributed by atoms with Gasteiger partial charge in [-0.1, -0.05) is 0 Å². The predicted molar refractivity (Wildman–Crippen MR) is 56.5 cm³/mol. The van der Waals surface area contributed by atoms with E-state index in [0.717, 1.165) is 0 Å². The number of carbonyl (C=O) groups excluding carboxylic acids is 1. The molecule has 0 aliphatic heterocycles. The fraction of sp³-hybridized carbons (Fsp3) is 0.400. The third-order valence-corrected chi connectivity index (χ3v) is 2.05. The van der Waals surface area contributed by atoms with Crippen molar-refractivity contribution < 1.29 is 9.53 Å². The molecule has 0 radical (unpaired) electrons. The molecule has 1 atom stereocenters. The number of carbonyl (C=O) groups is 1. The lowest BCUT2D eigenvalue weighted by molar-refractivity contribution is -0.146. The lowest BCUT2D eigenvalue weighted by atomic mass is 10.3. The molecule has 0 spiro atoms. The number of nitrogens with two attached hydrogens (primary N) is 1. The number of anilines is 1. The van der Waals surface area contributed by atoms with Crippen molar-refractivity contribution in [3.05, 3.63) is 28.7 Å². The SMILES string of the molecule is CCOC(=O)[C@H](C)n1cccc(N)c1=O. The molecule has 1 rings (SSSR count). The minimum absolute atomic E-state index is 0.119. The Labute approximate surface area is 87.5 Å². The van der Waals surface area contributed by atoms with Crippen LogP contribution in [0.25, 0.3) is 0 Å². The summed E-state index contributed by atoms with van der Waals surface area (Å²) in [6.45, 7) is 3.60. The van der Waals surface area contributed by atoms with Gasteiger partial charge in [0.05, 0.1) is 12.3 Å². The van der Waals surface area contributed by atoms with Gasteiger partial charge in [-0.05, 0) is 26.0 Å². The number of aromatic nitrogens is 1. The van der Waals surface area contributed by atoms with E-state index < -0.39 is 12.0 Å². The van der Waals surface area contributed by atoms with E-state index in [9.17, 15) is 9.59 Å². The number of hydrogen-bond donors (Lipinski definition) is 1. The summed E-state index contributed by atoms with van der Waals surface area (Å²) < 4.78 is 6.07. The van der Waals surface area contributed by atoms with Crippen LogP contribution in [0.5, 0.6) is 0 Å². The second-order valence-corrected chi connectivity index (χ2v) is 3.10. The van der Waals surface area contributed by atoms with Crippen LogP contribution in [-0.2, 0) is 9.53 Å². The lowest BCUT2D eigenvalue weighted by Crippen LogP contribution is -2.30. The molecule has 2 N–H and O–H groups in total. The fourth-order valence-corrected chi connectivity index (χ4v) is 1.21. The van der Waals surface area contributed by atoms with Gasteiger partial charge in [0.2, 0.25) is 0 Å². The van der Waals surface area contributed by atoms with E-state index in [1.54, 1.807) is 19.9 Å². The fourth-order valence-electron chi connectivity index (χ4n) is 1.21. The molecule has 0 fully saturated rings. The van der Waals surface area contributed by atoms with E-state index in [0.29, 0.717) is 6.61 Å². The molecule has 15 heavy (non-hydrogen) atoms. The van der Waals surface area contributed by atoms with Gasteiger partial charge in [0.15, 0.2) is 0 Å². The topological polar surface area (TPSA) is 74.3 Å². The van der Waals surface area contributed by atoms with Gasteiger partial charge in [-0.25, -0.2) is 4.79 Å². The van der Waals surface area contributed by atoms with Gasteiger partial charge in [0.1, 0.15) is 6.04 Å². The highest BCUT2D eigenvalue weighted by Gasteiger charge is 2.17. The quantitative estimate of drug-likeness (QED) is 0.739. The Morgan fingerprint density at radius 2 is 2.33 bits per heavy atom. The zero-order valence-electron chi connectivity index (χ0n) is 8.77. The Morgan fingerprint density at radius 3 is 2.93 bits per heavy atom. The molecular formula is C10H14N2O3. The summed E-state index contributed by atoms with van der Waals surface area (Å²) in [5.74, 6) is -0.440. The summed E-state index contributed by atoms with van der Waals surface area (Å²) in [5, 5.41) is 0. The summed E-state index contributed by atoms with van der Waals surface area (Å²) in [4.78, 5) is 22.9. The molecule has 1 heterocycles. The molecule has 0 aromatic carbocycles. The molecule has 5 nitrogen and oxygen atoms in total. The number of nitrogen functional groups attached to an aromatic ring is 1. The minimum atomic E-state index is -0.652. The smallest absolute Gasteiger partial charge is 0.328 e. The zero-order chi connectivity index (χ0) is 11.4. The first kappa shape index (κ1) is 11.3. The molecule has 82 valence electrons. The third-order valence-electron chi connectivity index (χ3n) is 2.05. The van der Waals surface area contributed by atoms with Gasteiger partial charge >= 0.3 is 5.97 Å². The summed E-state index contributed by atoms with van der Waals surface area (Å²) >= 11 is 0. The molecule has 0 aliphatic rings. The Morgan fingerprint density at radius 1 is 1.67 bits per heavy atom. The average molecular weight is 210 g/mol. The number of nitrogens with zero attached hydrogens (tertiary/aromatic N) is 1. The van der Waals surface area contributed by atoms with Crippen LogP contribution in [0.1, 0.15) is 19.9 Å². The highest BCUT2D eigenvalue weighted by atomic mass is 16.5. The molecule has 5 heteroatoms. The number of rotatable bonds is 3. The maximum absolute atomic E-state index is 11.5. The standard InChI is InChI=1S/C10H14N2O3/c1-3-15-10(14)7(2)12-6-4-5-8(11)9(12)13/h4-7H,3,11H2,1-2H3/t7-/m0/s1. The van der Waals surface area contributed by atoms with Gasteiger partial charge in [-0.3, -0.25) is 9.36 Å². The van der Waals surface area contributed by atoms with Crippen LogP contribution in [0.2, 0.25) is 0 Å². The van der Waals surface area contributed by atoms with Crippen molar-refractivity contribution in [2.75, 3.05) is 12.3 Å². The monoisotopic (exact) mass is 210 g/mol. The predicted octanol–water partition coefficient (Wildman–Crippen LogP) is 0.555. The molecule has 1 aromatic rings. The van der Waals surface area contributed by atoms with Crippen molar-refractivity contribution >= 4 is 11.7 Å². The molecule has 0 unspecified atom stereocenters. The summed E-state index contributed by atoms with van der Waals surface area (Å²) in [6, 6.07) is 2.46. The maximum Gasteiger partial charge on any atom is 0.328 e. The van der Waals surface area contributed by atoms with Crippen molar-refractivity contribution in [2.24, 2.45) is 0 Å².